The summed E-state index contributed by atoms with van der Waals surface area (Å²) in [7, 11) is 0. The minimum atomic E-state index is -0.612. The van der Waals surface area contributed by atoms with Crippen LogP contribution < -0.4 is 10.1 Å². The number of amides is 1. The fourth-order valence-electron chi connectivity index (χ4n) is 1.81. The van der Waals surface area contributed by atoms with Crippen LogP contribution in [0.1, 0.15) is 18.9 Å². The molecule has 0 aliphatic carbocycles. The number of ether oxygens (including phenoxy) is 1. The van der Waals surface area contributed by atoms with Gasteiger partial charge in [-0.05, 0) is 37.1 Å². The highest BCUT2D eigenvalue weighted by Crippen LogP contribution is 2.26. The van der Waals surface area contributed by atoms with Crippen molar-refractivity contribution in [3.05, 3.63) is 41.4 Å². The quantitative estimate of drug-likeness (QED) is 0.411. The van der Waals surface area contributed by atoms with Gasteiger partial charge < -0.3 is 4.74 Å². The number of anilines is 1. The Kier molecular flexibility index (Phi) is 7.08. The first kappa shape index (κ1) is 18.8. The molecule has 0 saturated heterocycles. The van der Waals surface area contributed by atoms with Crippen molar-refractivity contribution in [3.63, 3.8) is 0 Å². The minimum absolute atomic E-state index is 0.249. The number of hydrogen-bond acceptors (Lipinski definition) is 6. The summed E-state index contributed by atoms with van der Waals surface area (Å²) >= 11 is 8.85. The topological polar surface area (TPSA) is 64.1 Å². The molecule has 1 aromatic heterocycles. The number of carbonyl (C=O) groups excluding carboxylic acids is 1. The molecular weight excluding hydrogens is 366 g/mol. The van der Waals surface area contributed by atoms with Crippen LogP contribution in [0.25, 0.3) is 0 Å². The Hall–Kier alpha value is -1.57. The van der Waals surface area contributed by atoms with Crippen LogP contribution in [0.4, 0.5) is 5.13 Å². The number of aromatic nitrogens is 2. The Balaban J connectivity index is 1.99. The summed E-state index contributed by atoms with van der Waals surface area (Å²) in [6, 6.07) is 5.32. The smallest absolute Gasteiger partial charge is 0.267 e. The van der Waals surface area contributed by atoms with E-state index in [1.54, 1.807) is 18.2 Å². The molecule has 0 radical (unpaired) electrons. The lowest BCUT2D eigenvalue weighted by molar-refractivity contribution is -0.122. The molecule has 0 saturated carbocycles. The van der Waals surface area contributed by atoms with Crippen molar-refractivity contribution in [1.29, 1.82) is 0 Å². The predicted molar refractivity (Wildman–Crippen MR) is 100 cm³/mol. The van der Waals surface area contributed by atoms with Crippen molar-refractivity contribution in [2.24, 2.45) is 0 Å². The lowest BCUT2D eigenvalue weighted by Gasteiger charge is -2.16. The van der Waals surface area contributed by atoms with Crippen molar-refractivity contribution in [2.75, 3.05) is 11.1 Å². The number of rotatable bonds is 8. The summed E-state index contributed by atoms with van der Waals surface area (Å²) in [5.41, 5.74) is 0.900. The molecule has 8 heteroatoms. The molecule has 0 aliphatic rings. The van der Waals surface area contributed by atoms with Crippen LogP contribution in [-0.2, 0) is 4.79 Å². The summed E-state index contributed by atoms with van der Waals surface area (Å²) in [5.74, 6) is 1.11. The van der Waals surface area contributed by atoms with E-state index in [-0.39, 0.29) is 5.91 Å². The molecule has 1 amide bonds. The second-order valence-electron chi connectivity index (χ2n) is 4.89. The Morgan fingerprint density at radius 3 is 3.00 bits per heavy atom. The van der Waals surface area contributed by atoms with E-state index in [1.165, 1.54) is 23.1 Å². The first-order valence-corrected chi connectivity index (χ1v) is 9.52. The molecular formula is C16H18ClN3O2S2. The molecule has 128 valence electrons. The van der Waals surface area contributed by atoms with Crippen LogP contribution in [0.5, 0.6) is 5.75 Å². The zero-order valence-corrected chi connectivity index (χ0v) is 15.8. The third-order valence-electron chi connectivity index (χ3n) is 3.03. The number of nitrogens with zero attached hydrogens (tertiary/aromatic N) is 2. The van der Waals surface area contributed by atoms with Crippen LogP contribution in [0.2, 0.25) is 5.02 Å². The molecule has 0 fully saturated rings. The number of halogens is 1. The third-order valence-corrected chi connectivity index (χ3v) is 5.42. The molecule has 2 rings (SSSR count). The average Bonchev–Trinajstić information content (AvgIpc) is 3.01. The van der Waals surface area contributed by atoms with Gasteiger partial charge in [-0.15, -0.1) is 16.8 Å². The Labute approximate surface area is 154 Å². The summed E-state index contributed by atoms with van der Waals surface area (Å²) in [6.07, 6.45) is 1.71. The third kappa shape index (κ3) is 5.22. The first-order chi connectivity index (χ1) is 11.5. The van der Waals surface area contributed by atoms with Crippen LogP contribution in [0.15, 0.2) is 35.2 Å². The maximum Gasteiger partial charge on any atom is 0.267 e. The maximum atomic E-state index is 12.4. The van der Waals surface area contributed by atoms with Gasteiger partial charge in [0, 0.05) is 10.8 Å². The van der Waals surface area contributed by atoms with Crippen LogP contribution >= 0.6 is 34.7 Å². The first-order valence-electron chi connectivity index (χ1n) is 7.34. The van der Waals surface area contributed by atoms with E-state index in [2.05, 4.69) is 22.1 Å². The number of thioether (sulfide) groups is 1. The molecule has 2 aromatic rings. The van der Waals surface area contributed by atoms with Gasteiger partial charge in [-0.1, -0.05) is 47.7 Å². The van der Waals surface area contributed by atoms with Gasteiger partial charge in [-0.3, -0.25) is 10.1 Å². The molecule has 5 nitrogen and oxygen atoms in total. The van der Waals surface area contributed by atoms with Crippen molar-refractivity contribution in [2.45, 2.75) is 30.7 Å². The normalized spacial score (nSPS) is 11.8. The zero-order chi connectivity index (χ0) is 17.5. The largest absolute Gasteiger partial charge is 0.481 e. The average molecular weight is 384 g/mol. The highest BCUT2D eigenvalue weighted by Gasteiger charge is 2.20. The molecule has 0 bridgehead atoms. The van der Waals surface area contributed by atoms with E-state index in [4.69, 9.17) is 16.3 Å². The second-order valence-corrected chi connectivity index (χ2v) is 7.54. The van der Waals surface area contributed by atoms with E-state index >= 15 is 0 Å². The number of benzene rings is 1. The number of carbonyl (C=O) groups is 1. The van der Waals surface area contributed by atoms with Gasteiger partial charge in [-0.25, -0.2) is 0 Å². The summed E-state index contributed by atoms with van der Waals surface area (Å²) in [4.78, 5) is 12.4. The Morgan fingerprint density at radius 1 is 1.54 bits per heavy atom. The highest BCUT2D eigenvalue weighted by atomic mass is 35.5. The zero-order valence-electron chi connectivity index (χ0n) is 13.4. The molecule has 0 aliphatic heterocycles. The van der Waals surface area contributed by atoms with Gasteiger partial charge in [0.15, 0.2) is 10.4 Å². The van der Waals surface area contributed by atoms with Gasteiger partial charge in [0.2, 0.25) is 5.13 Å². The SMILES string of the molecule is C=CCSc1nnc(NC(=O)C(CC)Oc2ccc(Cl)c(C)c2)s1. The Bertz CT molecular complexity index is 721. The molecule has 1 atom stereocenters. The second kappa shape index (κ2) is 9.05. The van der Waals surface area contributed by atoms with Crippen molar-refractivity contribution in [3.8, 4) is 5.75 Å². The molecule has 24 heavy (non-hydrogen) atoms. The number of aryl methyl sites for hydroxylation is 1. The molecule has 1 heterocycles. The molecule has 1 aromatic carbocycles. The summed E-state index contributed by atoms with van der Waals surface area (Å²) in [5, 5.41) is 11.9. The predicted octanol–water partition coefficient (Wildman–Crippen LogP) is 4.57. The van der Waals surface area contributed by atoms with Gasteiger partial charge in [0.05, 0.1) is 0 Å². The summed E-state index contributed by atoms with van der Waals surface area (Å²) < 4.78 is 6.56. The monoisotopic (exact) mass is 383 g/mol. The van der Waals surface area contributed by atoms with E-state index in [0.717, 1.165) is 15.7 Å². The fourth-order valence-corrected chi connectivity index (χ4v) is 3.45. The van der Waals surface area contributed by atoms with Gasteiger partial charge in [-0.2, -0.15) is 0 Å². The Morgan fingerprint density at radius 2 is 2.33 bits per heavy atom. The van der Waals surface area contributed by atoms with Crippen LogP contribution in [0, 0.1) is 6.92 Å². The molecule has 0 spiro atoms. The van der Waals surface area contributed by atoms with Gasteiger partial charge >= 0.3 is 0 Å². The lowest BCUT2D eigenvalue weighted by Crippen LogP contribution is -2.32. The molecule has 1 N–H and O–H groups in total. The van der Waals surface area contributed by atoms with E-state index in [0.29, 0.717) is 22.3 Å². The van der Waals surface area contributed by atoms with Crippen molar-refractivity contribution in [1.82, 2.24) is 10.2 Å². The van der Waals surface area contributed by atoms with Crippen molar-refractivity contribution < 1.29 is 9.53 Å². The minimum Gasteiger partial charge on any atom is -0.481 e. The van der Waals surface area contributed by atoms with Gasteiger partial charge in [0.25, 0.3) is 5.91 Å². The highest BCUT2D eigenvalue weighted by molar-refractivity contribution is 8.01. The maximum absolute atomic E-state index is 12.4. The standard InChI is InChI=1S/C16H18ClN3O2S2/c1-4-8-23-16-20-19-15(24-16)18-14(21)13(5-2)22-11-6-7-12(17)10(3)9-11/h4,6-7,9,13H,1,5,8H2,2-3H3,(H,18,19,21). The van der Waals surface area contributed by atoms with E-state index in [1.807, 2.05) is 19.9 Å². The fraction of sp³-hybridized carbons (Fsp3) is 0.312. The number of nitrogens with one attached hydrogen (secondary N) is 1. The summed E-state index contributed by atoms with van der Waals surface area (Å²) in [6.45, 7) is 7.43. The van der Waals surface area contributed by atoms with E-state index in [9.17, 15) is 4.79 Å². The van der Waals surface area contributed by atoms with E-state index < -0.39 is 6.10 Å². The van der Waals surface area contributed by atoms with Crippen LogP contribution in [-0.4, -0.2) is 28.0 Å². The van der Waals surface area contributed by atoms with Crippen LogP contribution in [0.3, 0.4) is 0 Å². The van der Waals surface area contributed by atoms with Gasteiger partial charge in [0.1, 0.15) is 5.75 Å². The molecule has 1 unspecified atom stereocenters. The lowest BCUT2D eigenvalue weighted by atomic mass is 10.2. The number of hydrogen-bond donors (Lipinski definition) is 1. The van der Waals surface area contributed by atoms with Crippen molar-refractivity contribution >= 4 is 45.7 Å².